The lowest BCUT2D eigenvalue weighted by molar-refractivity contribution is -0.138. The van der Waals surface area contributed by atoms with Crippen LogP contribution in [0.4, 0.5) is 0 Å². The van der Waals surface area contributed by atoms with E-state index in [1.54, 1.807) is 24.2 Å². The van der Waals surface area contributed by atoms with Crippen LogP contribution in [-0.2, 0) is 20.9 Å². The molecule has 2 fully saturated rings. The molecule has 2 aliphatic heterocycles. The van der Waals surface area contributed by atoms with Crippen molar-refractivity contribution in [1.82, 2.24) is 20.2 Å². The Labute approximate surface area is 205 Å². The second-order valence-corrected chi connectivity index (χ2v) is 10.4. The normalized spacial score (nSPS) is 28.4. The maximum atomic E-state index is 13.4. The van der Waals surface area contributed by atoms with Crippen molar-refractivity contribution in [1.29, 1.82) is 10.9 Å². The second-order valence-electron chi connectivity index (χ2n) is 10.4. The zero-order valence-electron chi connectivity index (χ0n) is 20.8. The molecule has 10 nitrogen and oxygen atoms in total. The topological polar surface area (TPSA) is 144 Å². The quantitative estimate of drug-likeness (QED) is 0.280. The van der Waals surface area contributed by atoms with Crippen molar-refractivity contribution in [2.75, 3.05) is 13.2 Å². The number of nitrogens with zero attached hydrogens (tertiary/aromatic N) is 4. The van der Waals surface area contributed by atoms with E-state index in [0.29, 0.717) is 25.1 Å². The summed E-state index contributed by atoms with van der Waals surface area (Å²) >= 11 is 0. The lowest BCUT2D eigenvalue weighted by atomic mass is 9.67. The van der Waals surface area contributed by atoms with Crippen molar-refractivity contribution < 1.29 is 14.3 Å². The Morgan fingerprint density at radius 1 is 1.23 bits per heavy atom. The van der Waals surface area contributed by atoms with Gasteiger partial charge < -0.3 is 20.4 Å². The van der Waals surface area contributed by atoms with E-state index < -0.39 is 0 Å². The van der Waals surface area contributed by atoms with Gasteiger partial charge in [0.25, 0.3) is 0 Å². The molecule has 1 spiro atoms. The van der Waals surface area contributed by atoms with Crippen molar-refractivity contribution in [3.05, 3.63) is 35.1 Å². The van der Waals surface area contributed by atoms with Gasteiger partial charge in [-0.15, -0.1) is 0 Å². The molecule has 0 radical (unpaired) electrons. The number of likely N-dealkylation sites (tertiary alicyclic amines) is 1. The number of amides is 1. The minimum atomic E-state index is -0.340. The van der Waals surface area contributed by atoms with Gasteiger partial charge >= 0.3 is 5.97 Å². The van der Waals surface area contributed by atoms with Crippen molar-refractivity contribution >= 4 is 18.1 Å². The average Bonchev–Trinajstić information content (AvgIpc) is 3.36. The van der Waals surface area contributed by atoms with Gasteiger partial charge in [0.2, 0.25) is 5.91 Å². The summed E-state index contributed by atoms with van der Waals surface area (Å²) in [5.74, 6) is -0.256. The highest BCUT2D eigenvalue weighted by atomic mass is 16.5. The third-order valence-corrected chi connectivity index (χ3v) is 8.22. The Morgan fingerprint density at radius 3 is 2.54 bits per heavy atom. The van der Waals surface area contributed by atoms with E-state index in [1.807, 2.05) is 6.92 Å². The van der Waals surface area contributed by atoms with E-state index in [0.717, 1.165) is 49.2 Å². The predicted octanol–water partition coefficient (Wildman–Crippen LogP) is 3.49. The summed E-state index contributed by atoms with van der Waals surface area (Å²) in [5, 5.41) is 14.5. The molecule has 0 aromatic carbocycles. The minimum Gasteiger partial charge on any atom is -0.456 e. The first kappa shape index (κ1) is 25.1. The predicted molar refractivity (Wildman–Crippen MR) is 129 cm³/mol. The maximum absolute atomic E-state index is 13.4. The number of esters is 1. The molecule has 188 valence electrons. The van der Waals surface area contributed by atoms with Gasteiger partial charge in [0.05, 0.1) is 40.3 Å². The van der Waals surface area contributed by atoms with Gasteiger partial charge in [-0.2, -0.15) is 5.11 Å². The van der Waals surface area contributed by atoms with Crippen molar-refractivity contribution in [3.8, 4) is 0 Å². The molecule has 2 unspecified atom stereocenters. The van der Waals surface area contributed by atoms with E-state index in [4.69, 9.17) is 15.7 Å². The number of hydrogen-bond donors (Lipinski definition) is 3. The first-order valence-corrected chi connectivity index (χ1v) is 12.3. The van der Waals surface area contributed by atoms with Crippen LogP contribution in [0, 0.1) is 16.4 Å². The molecule has 2 atom stereocenters. The van der Waals surface area contributed by atoms with Gasteiger partial charge in [-0.3, -0.25) is 14.8 Å². The summed E-state index contributed by atoms with van der Waals surface area (Å²) in [6.45, 7) is 7.33. The molecule has 1 aromatic rings. The van der Waals surface area contributed by atoms with Crippen LogP contribution in [0.2, 0.25) is 0 Å². The van der Waals surface area contributed by atoms with Gasteiger partial charge in [0.15, 0.2) is 0 Å². The molecule has 1 aromatic heterocycles. The molecule has 35 heavy (non-hydrogen) atoms. The molecule has 3 heterocycles. The van der Waals surface area contributed by atoms with E-state index in [9.17, 15) is 9.59 Å². The third-order valence-electron chi connectivity index (χ3n) is 8.22. The zero-order valence-corrected chi connectivity index (χ0v) is 20.8. The lowest BCUT2D eigenvalue weighted by Gasteiger charge is -2.42. The number of cyclic esters (lactones) is 1. The number of aromatic nitrogens is 2. The fourth-order valence-electron chi connectivity index (χ4n) is 5.43. The van der Waals surface area contributed by atoms with Crippen LogP contribution in [0.25, 0.3) is 0 Å². The van der Waals surface area contributed by atoms with E-state index in [2.05, 4.69) is 27.3 Å². The Bertz CT molecular complexity index is 1030. The largest absolute Gasteiger partial charge is 0.456 e. The average molecular weight is 482 g/mol. The second kappa shape index (κ2) is 9.93. The maximum Gasteiger partial charge on any atom is 0.336 e. The molecule has 1 saturated heterocycles. The number of rotatable bonds is 9. The molecule has 3 aliphatic rings. The summed E-state index contributed by atoms with van der Waals surface area (Å²) in [5.41, 5.74) is 9.82. The monoisotopic (exact) mass is 481 g/mol. The number of carbonyl (C=O) groups is 2. The molecule has 10 heteroatoms. The molecule has 4 rings (SSSR count). The SMILES string of the molecule is CC1=C(N2CCC3(CCC(C)(NCc4cnc(C(C)C(CC=N)N=N)cn4)CC3)C2=O)COC1=O. The van der Waals surface area contributed by atoms with Gasteiger partial charge in [-0.05, 0) is 52.2 Å². The molecule has 3 N–H and O–H groups in total. The van der Waals surface area contributed by atoms with Crippen LogP contribution in [0.1, 0.15) is 76.6 Å². The van der Waals surface area contributed by atoms with Crippen LogP contribution in [0.3, 0.4) is 0 Å². The minimum absolute atomic E-state index is 0.0763. The van der Waals surface area contributed by atoms with Crippen molar-refractivity contribution in [2.45, 2.75) is 83.3 Å². The summed E-state index contributed by atoms with van der Waals surface area (Å²) in [6.07, 6.45) is 9.43. The standard InChI is InChI=1S/C25H35N7O3/c1-16(19(31-27)4-10-26)20-14-28-18(12-29-20)13-30-24(3)5-7-25(8-6-24)9-11-32(23(25)34)21-15-35-22(33)17(21)2/h10,12,14,16,19,26-27,30H,4-9,11,13,15H2,1-3H3. The van der Waals surface area contributed by atoms with Gasteiger partial charge in [-0.25, -0.2) is 10.3 Å². The molecular weight excluding hydrogens is 446 g/mol. The summed E-state index contributed by atoms with van der Waals surface area (Å²) in [7, 11) is 0. The van der Waals surface area contributed by atoms with Crippen LogP contribution >= 0.6 is 0 Å². The third kappa shape index (κ3) is 4.89. The lowest BCUT2D eigenvalue weighted by Crippen LogP contribution is -2.49. The van der Waals surface area contributed by atoms with Crippen LogP contribution in [0.15, 0.2) is 28.8 Å². The van der Waals surface area contributed by atoms with E-state index in [1.165, 1.54) is 6.21 Å². The Kier molecular flexibility index (Phi) is 7.12. The number of hydrogen-bond acceptors (Lipinski definition) is 9. The van der Waals surface area contributed by atoms with Crippen LogP contribution < -0.4 is 5.32 Å². The molecule has 1 saturated carbocycles. The van der Waals surface area contributed by atoms with Gasteiger partial charge in [-0.1, -0.05) is 6.92 Å². The molecule has 1 amide bonds. The summed E-state index contributed by atoms with van der Waals surface area (Å²) < 4.78 is 5.12. The Balaban J connectivity index is 1.32. The highest BCUT2D eigenvalue weighted by molar-refractivity contribution is 5.94. The van der Waals surface area contributed by atoms with Crippen LogP contribution in [-0.4, -0.2) is 57.7 Å². The number of carbonyl (C=O) groups excluding carboxylic acids is 2. The fourth-order valence-corrected chi connectivity index (χ4v) is 5.43. The number of ether oxygens (including phenoxy) is 1. The summed E-state index contributed by atoms with van der Waals surface area (Å²) in [4.78, 5) is 36.0. The van der Waals surface area contributed by atoms with Gasteiger partial charge in [0, 0.05) is 37.2 Å². The highest BCUT2D eigenvalue weighted by Gasteiger charge is 2.52. The van der Waals surface area contributed by atoms with E-state index >= 15 is 0 Å². The Hall–Kier alpha value is -3.01. The van der Waals surface area contributed by atoms with Crippen LogP contribution in [0.5, 0.6) is 0 Å². The molecule has 0 bridgehead atoms. The van der Waals surface area contributed by atoms with Gasteiger partial charge in [0.1, 0.15) is 6.61 Å². The molecular formula is C25H35N7O3. The van der Waals surface area contributed by atoms with E-state index in [-0.39, 0.29) is 41.4 Å². The first-order chi connectivity index (χ1) is 16.7. The van der Waals surface area contributed by atoms with Crippen molar-refractivity contribution in [3.63, 3.8) is 0 Å². The van der Waals surface area contributed by atoms with Crippen molar-refractivity contribution in [2.24, 2.45) is 10.5 Å². The number of nitrogens with one attached hydrogen (secondary N) is 3. The molecule has 1 aliphatic carbocycles. The zero-order chi connectivity index (χ0) is 25.2. The fraction of sp³-hybridized carbons (Fsp3) is 0.640. The first-order valence-electron chi connectivity index (χ1n) is 12.3. The summed E-state index contributed by atoms with van der Waals surface area (Å²) in [6, 6.07) is -0.296. The smallest absolute Gasteiger partial charge is 0.336 e. The highest BCUT2D eigenvalue weighted by Crippen LogP contribution is 2.49. The Morgan fingerprint density at radius 2 is 1.97 bits per heavy atom.